The number of hydrogen-bond acceptors (Lipinski definition) is 3. The average molecular weight is 367 g/mol. The van der Waals surface area contributed by atoms with E-state index in [9.17, 15) is 13.2 Å². The van der Waals surface area contributed by atoms with Gasteiger partial charge in [0.2, 0.25) is 5.91 Å². The minimum absolute atomic E-state index is 0.0203. The first-order valence-corrected chi connectivity index (χ1v) is 9.25. The van der Waals surface area contributed by atoms with Crippen LogP contribution in [0.1, 0.15) is 19.4 Å². The summed E-state index contributed by atoms with van der Waals surface area (Å²) in [4.78, 5) is 11.7. The lowest BCUT2D eigenvalue weighted by molar-refractivity contribution is -0.118. The van der Waals surface area contributed by atoms with Gasteiger partial charge < -0.3 is 5.32 Å². The van der Waals surface area contributed by atoms with E-state index in [1.165, 1.54) is 6.07 Å². The molecule has 0 aliphatic rings. The first-order valence-electron chi connectivity index (χ1n) is 7.39. The molecule has 1 amide bonds. The molecule has 0 radical (unpaired) electrons. The maximum Gasteiger partial charge on any atom is 0.263 e. The summed E-state index contributed by atoms with van der Waals surface area (Å²) in [6, 6.07) is 11.2. The van der Waals surface area contributed by atoms with Crippen LogP contribution in [0.4, 0.5) is 11.4 Å². The summed E-state index contributed by atoms with van der Waals surface area (Å²) in [5.41, 5.74) is 1.86. The minimum Gasteiger partial charge on any atom is -0.326 e. The normalized spacial score (nSPS) is 11.4. The Labute approximate surface area is 147 Å². The number of benzene rings is 2. The van der Waals surface area contributed by atoms with Gasteiger partial charge in [-0.3, -0.25) is 9.52 Å². The highest BCUT2D eigenvalue weighted by atomic mass is 35.5. The van der Waals surface area contributed by atoms with Crippen molar-refractivity contribution in [3.8, 4) is 0 Å². The van der Waals surface area contributed by atoms with Crippen LogP contribution >= 0.6 is 11.6 Å². The first kappa shape index (κ1) is 18.3. The zero-order chi connectivity index (χ0) is 17.9. The van der Waals surface area contributed by atoms with Gasteiger partial charge in [0.1, 0.15) is 4.90 Å². The molecular formula is C17H19ClN2O3S. The molecule has 0 bridgehead atoms. The molecule has 128 valence electrons. The topological polar surface area (TPSA) is 75.3 Å². The lowest BCUT2D eigenvalue weighted by Gasteiger charge is -2.11. The number of rotatable bonds is 5. The number of carbonyl (C=O) groups excluding carboxylic acids is 1. The first-order chi connectivity index (χ1) is 11.2. The summed E-state index contributed by atoms with van der Waals surface area (Å²) >= 11 is 6.03. The van der Waals surface area contributed by atoms with E-state index >= 15 is 0 Å². The highest BCUT2D eigenvalue weighted by Crippen LogP contribution is 2.25. The minimum atomic E-state index is -3.78. The Balaban J connectivity index is 2.17. The van der Waals surface area contributed by atoms with Crippen LogP contribution < -0.4 is 10.0 Å². The Kier molecular flexibility index (Phi) is 5.51. The van der Waals surface area contributed by atoms with Gasteiger partial charge in [0, 0.05) is 17.3 Å². The summed E-state index contributed by atoms with van der Waals surface area (Å²) in [6.45, 7) is 5.42. The van der Waals surface area contributed by atoms with Gasteiger partial charge in [-0.2, -0.15) is 0 Å². The number of sulfonamides is 1. The summed E-state index contributed by atoms with van der Waals surface area (Å²) in [5.74, 6) is -0.235. The molecule has 5 nitrogen and oxygen atoms in total. The Bertz CT molecular complexity index is 847. The number of carbonyl (C=O) groups is 1. The van der Waals surface area contributed by atoms with Crippen LogP contribution in [0, 0.1) is 12.8 Å². The van der Waals surface area contributed by atoms with Crippen LogP contribution in [-0.2, 0) is 14.8 Å². The maximum absolute atomic E-state index is 12.4. The lowest BCUT2D eigenvalue weighted by Crippen LogP contribution is -2.17. The molecule has 7 heteroatoms. The second-order valence-electron chi connectivity index (χ2n) is 5.76. The van der Waals surface area contributed by atoms with Gasteiger partial charge in [0.25, 0.3) is 10.0 Å². The largest absolute Gasteiger partial charge is 0.326 e. The van der Waals surface area contributed by atoms with Gasteiger partial charge in [0.05, 0.1) is 5.02 Å². The van der Waals surface area contributed by atoms with Crippen molar-refractivity contribution in [1.82, 2.24) is 0 Å². The Hall–Kier alpha value is -2.05. The summed E-state index contributed by atoms with van der Waals surface area (Å²) in [6.07, 6.45) is 0. The fourth-order valence-corrected chi connectivity index (χ4v) is 3.60. The number of aryl methyl sites for hydroxylation is 1. The van der Waals surface area contributed by atoms with Crippen LogP contribution in [-0.4, -0.2) is 14.3 Å². The molecule has 24 heavy (non-hydrogen) atoms. The standard InChI is InChI=1S/C17H19ClN2O3S/c1-11(2)17(21)19-13-5-7-14(8-6-13)20-24(22,23)16-9-4-12(3)10-15(16)18/h4-11,20H,1-3H3,(H,19,21). The molecule has 2 N–H and O–H groups in total. The fraction of sp³-hybridized carbons (Fsp3) is 0.235. The van der Waals surface area contributed by atoms with E-state index in [-0.39, 0.29) is 21.7 Å². The van der Waals surface area contributed by atoms with Crippen LogP contribution in [0.3, 0.4) is 0 Å². The van der Waals surface area contributed by atoms with Gasteiger partial charge in [-0.05, 0) is 48.9 Å². The van der Waals surface area contributed by atoms with E-state index in [0.29, 0.717) is 11.4 Å². The maximum atomic E-state index is 12.4. The van der Waals surface area contributed by atoms with Gasteiger partial charge in [0.15, 0.2) is 0 Å². The molecule has 0 saturated carbocycles. The van der Waals surface area contributed by atoms with Gasteiger partial charge >= 0.3 is 0 Å². The second-order valence-corrected chi connectivity index (χ2v) is 7.82. The quantitative estimate of drug-likeness (QED) is 0.838. The zero-order valence-corrected chi connectivity index (χ0v) is 15.2. The van der Waals surface area contributed by atoms with Crippen molar-refractivity contribution in [2.45, 2.75) is 25.7 Å². The number of hydrogen-bond donors (Lipinski definition) is 2. The van der Waals surface area contributed by atoms with Crippen molar-refractivity contribution >= 4 is 38.9 Å². The van der Waals surface area contributed by atoms with Crippen molar-refractivity contribution in [3.63, 3.8) is 0 Å². The molecule has 2 aromatic carbocycles. The van der Waals surface area contributed by atoms with Crippen LogP contribution in [0.15, 0.2) is 47.4 Å². The van der Waals surface area contributed by atoms with E-state index in [1.54, 1.807) is 50.2 Å². The van der Waals surface area contributed by atoms with E-state index in [1.807, 2.05) is 6.92 Å². The Morgan fingerprint density at radius 3 is 2.17 bits per heavy atom. The number of anilines is 2. The molecule has 0 heterocycles. The zero-order valence-electron chi connectivity index (χ0n) is 13.6. The molecule has 2 rings (SSSR count). The van der Waals surface area contributed by atoms with Crippen LogP contribution in [0.5, 0.6) is 0 Å². The number of nitrogens with one attached hydrogen (secondary N) is 2. The van der Waals surface area contributed by atoms with Crippen molar-refractivity contribution in [3.05, 3.63) is 53.1 Å². The third kappa shape index (κ3) is 4.49. The smallest absolute Gasteiger partial charge is 0.263 e. The molecule has 0 atom stereocenters. The molecule has 0 spiro atoms. The third-order valence-corrected chi connectivity index (χ3v) is 5.17. The Morgan fingerprint density at radius 1 is 1.04 bits per heavy atom. The van der Waals surface area contributed by atoms with E-state index in [4.69, 9.17) is 11.6 Å². The summed E-state index contributed by atoms with van der Waals surface area (Å²) in [5, 5.41) is 2.91. The lowest BCUT2D eigenvalue weighted by atomic mass is 10.2. The molecule has 0 aliphatic carbocycles. The third-order valence-electron chi connectivity index (χ3n) is 3.31. The summed E-state index contributed by atoms with van der Waals surface area (Å²) in [7, 11) is -3.78. The number of amides is 1. The van der Waals surface area contributed by atoms with Gasteiger partial charge in [-0.25, -0.2) is 8.42 Å². The molecule has 0 saturated heterocycles. The summed E-state index contributed by atoms with van der Waals surface area (Å²) < 4.78 is 27.3. The van der Waals surface area contributed by atoms with Crippen molar-refractivity contribution in [2.24, 2.45) is 5.92 Å². The molecule has 0 aliphatic heterocycles. The average Bonchev–Trinajstić information content (AvgIpc) is 2.48. The molecule has 2 aromatic rings. The Morgan fingerprint density at radius 2 is 1.62 bits per heavy atom. The highest BCUT2D eigenvalue weighted by Gasteiger charge is 2.18. The SMILES string of the molecule is Cc1ccc(S(=O)(=O)Nc2ccc(NC(=O)C(C)C)cc2)c(Cl)c1. The van der Waals surface area contributed by atoms with Crippen molar-refractivity contribution < 1.29 is 13.2 Å². The second kappa shape index (κ2) is 7.23. The van der Waals surface area contributed by atoms with Crippen LogP contribution in [0.25, 0.3) is 0 Å². The number of halogens is 1. The molecular weight excluding hydrogens is 348 g/mol. The molecule has 0 aromatic heterocycles. The van der Waals surface area contributed by atoms with E-state index < -0.39 is 10.0 Å². The predicted octanol–water partition coefficient (Wildman–Crippen LogP) is 4.04. The van der Waals surface area contributed by atoms with Crippen molar-refractivity contribution in [2.75, 3.05) is 10.0 Å². The van der Waals surface area contributed by atoms with E-state index in [0.717, 1.165) is 5.56 Å². The molecule has 0 fully saturated rings. The predicted molar refractivity (Wildman–Crippen MR) is 96.9 cm³/mol. The fourth-order valence-electron chi connectivity index (χ4n) is 1.94. The highest BCUT2D eigenvalue weighted by molar-refractivity contribution is 7.92. The van der Waals surface area contributed by atoms with Crippen molar-refractivity contribution in [1.29, 1.82) is 0 Å². The van der Waals surface area contributed by atoms with Crippen LogP contribution in [0.2, 0.25) is 5.02 Å². The van der Waals surface area contributed by atoms with Gasteiger partial charge in [-0.1, -0.05) is 31.5 Å². The van der Waals surface area contributed by atoms with E-state index in [2.05, 4.69) is 10.0 Å². The monoisotopic (exact) mass is 366 g/mol. The van der Waals surface area contributed by atoms with Gasteiger partial charge in [-0.15, -0.1) is 0 Å². The molecule has 0 unspecified atom stereocenters.